The summed E-state index contributed by atoms with van der Waals surface area (Å²) in [5.74, 6) is 0.747. The Bertz CT molecular complexity index is 543. The lowest BCUT2D eigenvalue weighted by molar-refractivity contribution is 0.0506. The molecular formula is C14H14BrNO2. The van der Waals surface area contributed by atoms with E-state index < -0.39 is 0 Å². The number of hydrogen-bond donors (Lipinski definition) is 1. The van der Waals surface area contributed by atoms with Gasteiger partial charge in [-0.05, 0) is 51.3 Å². The van der Waals surface area contributed by atoms with Gasteiger partial charge in [-0.15, -0.1) is 0 Å². The molecule has 0 aliphatic heterocycles. The number of benzene rings is 2. The normalized spacial score (nSPS) is 10.3. The number of halogens is 1. The maximum Gasteiger partial charge on any atom is 0.188 e. The van der Waals surface area contributed by atoms with Crippen LogP contribution in [0.1, 0.15) is 0 Å². The number of anilines is 1. The van der Waals surface area contributed by atoms with Crippen LogP contribution >= 0.6 is 15.9 Å². The van der Waals surface area contributed by atoms with E-state index in [0.717, 1.165) is 27.0 Å². The summed E-state index contributed by atoms with van der Waals surface area (Å²) >= 11 is 3.44. The number of rotatable bonds is 4. The first-order valence-corrected chi connectivity index (χ1v) is 6.27. The van der Waals surface area contributed by atoms with Gasteiger partial charge in [-0.1, -0.05) is 18.2 Å². The summed E-state index contributed by atoms with van der Waals surface area (Å²) in [4.78, 5) is 0. The Balaban J connectivity index is 2.34. The Hall–Kier alpha value is -1.52. The van der Waals surface area contributed by atoms with Crippen LogP contribution in [0.15, 0.2) is 46.9 Å². The summed E-state index contributed by atoms with van der Waals surface area (Å²) in [6, 6.07) is 13.7. The van der Waals surface area contributed by atoms with E-state index >= 15 is 0 Å². The average Bonchev–Trinajstić information content (AvgIpc) is 2.38. The SMILES string of the molecule is COCOc1cc(-c2cccc(N)c2)ccc1Br. The summed E-state index contributed by atoms with van der Waals surface area (Å²) in [5.41, 5.74) is 8.64. The summed E-state index contributed by atoms with van der Waals surface area (Å²) in [5, 5.41) is 0. The Morgan fingerprint density at radius 2 is 1.89 bits per heavy atom. The zero-order valence-electron chi connectivity index (χ0n) is 10.0. The van der Waals surface area contributed by atoms with Crippen molar-refractivity contribution in [3.63, 3.8) is 0 Å². The Morgan fingerprint density at radius 1 is 1.11 bits per heavy atom. The van der Waals surface area contributed by atoms with Crippen molar-refractivity contribution in [1.82, 2.24) is 0 Å². The molecule has 94 valence electrons. The fourth-order valence-electron chi connectivity index (χ4n) is 1.63. The van der Waals surface area contributed by atoms with E-state index in [2.05, 4.69) is 15.9 Å². The van der Waals surface area contributed by atoms with Crippen LogP contribution in [0.5, 0.6) is 5.75 Å². The van der Waals surface area contributed by atoms with Gasteiger partial charge in [0.15, 0.2) is 6.79 Å². The van der Waals surface area contributed by atoms with E-state index in [1.165, 1.54) is 0 Å². The van der Waals surface area contributed by atoms with Crippen molar-refractivity contribution in [2.75, 3.05) is 19.6 Å². The number of nitrogens with two attached hydrogens (primary N) is 1. The molecule has 0 bridgehead atoms. The molecule has 2 N–H and O–H groups in total. The lowest BCUT2D eigenvalue weighted by Gasteiger charge is -2.09. The van der Waals surface area contributed by atoms with Crippen molar-refractivity contribution >= 4 is 21.6 Å². The van der Waals surface area contributed by atoms with Crippen LogP contribution in [0.3, 0.4) is 0 Å². The Labute approximate surface area is 115 Å². The van der Waals surface area contributed by atoms with Gasteiger partial charge in [-0.3, -0.25) is 0 Å². The third kappa shape index (κ3) is 3.03. The molecule has 0 radical (unpaired) electrons. The van der Waals surface area contributed by atoms with Crippen molar-refractivity contribution in [1.29, 1.82) is 0 Å². The molecule has 2 rings (SSSR count). The van der Waals surface area contributed by atoms with E-state index in [0.29, 0.717) is 0 Å². The van der Waals surface area contributed by atoms with Crippen LogP contribution in [-0.4, -0.2) is 13.9 Å². The minimum Gasteiger partial charge on any atom is -0.466 e. The molecule has 2 aromatic rings. The summed E-state index contributed by atoms with van der Waals surface area (Å²) in [7, 11) is 1.59. The fourth-order valence-corrected chi connectivity index (χ4v) is 2.00. The second kappa shape index (κ2) is 5.89. The van der Waals surface area contributed by atoms with Crippen LogP contribution in [0, 0.1) is 0 Å². The van der Waals surface area contributed by atoms with Gasteiger partial charge >= 0.3 is 0 Å². The zero-order chi connectivity index (χ0) is 13.0. The molecule has 0 spiro atoms. The summed E-state index contributed by atoms with van der Waals surface area (Å²) < 4.78 is 11.3. The molecule has 0 saturated carbocycles. The molecule has 0 fully saturated rings. The molecule has 0 atom stereocenters. The lowest BCUT2D eigenvalue weighted by Crippen LogP contribution is -1.99. The third-order valence-corrected chi connectivity index (χ3v) is 3.14. The van der Waals surface area contributed by atoms with Crippen molar-refractivity contribution in [3.05, 3.63) is 46.9 Å². The Kier molecular flexibility index (Phi) is 4.23. The molecule has 0 heterocycles. The first kappa shape index (κ1) is 12.9. The molecule has 3 nitrogen and oxygen atoms in total. The molecule has 0 aliphatic carbocycles. The topological polar surface area (TPSA) is 44.5 Å². The van der Waals surface area contributed by atoms with E-state index in [1.807, 2.05) is 42.5 Å². The van der Waals surface area contributed by atoms with Gasteiger partial charge in [0.2, 0.25) is 0 Å². The molecule has 0 aliphatic rings. The molecule has 0 aromatic heterocycles. The monoisotopic (exact) mass is 307 g/mol. The molecule has 0 saturated heterocycles. The van der Waals surface area contributed by atoms with Crippen molar-refractivity contribution in [3.8, 4) is 16.9 Å². The highest BCUT2D eigenvalue weighted by Gasteiger charge is 2.05. The van der Waals surface area contributed by atoms with Gasteiger partial charge in [0, 0.05) is 12.8 Å². The molecule has 18 heavy (non-hydrogen) atoms. The molecular weight excluding hydrogens is 294 g/mol. The van der Waals surface area contributed by atoms with E-state index in [9.17, 15) is 0 Å². The predicted molar refractivity (Wildman–Crippen MR) is 76.5 cm³/mol. The number of ether oxygens (including phenoxy) is 2. The second-order valence-electron chi connectivity index (χ2n) is 3.82. The van der Waals surface area contributed by atoms with E-state index in [4.69, 9.17) is 15.2 Å². The number of nitrogen functional groups attached to an aromatic ring is 1. The van der Waals surface area contributed by atoms with Gasteiger partial charge in [0.25, 0.3) is 0 Å². The maximum absolute atomic E-state index is 5.78. The fraction of sp³-hybridized carbons (Fsp3) is 0.143. The van der Waals surface area contributed by atoms with E-state index in [-0.39, 0.29) is 6.79 Å². The van der Waals surface area contributed by atoms with Crippen LogP contribution in [0.2, 0.25) is 0 Å². The quantitative estimate of drug-likeness (QED) is 0.692. The second-order valence-corrected chi connectivity index (χ2v) is 4.68. The predicted octanol–water partition coefficient (Wildman–Crippen LogP) is 3.68. The lowest BCUT2D eigenvalue weighted by atomic mass is 10.1. The van der Waals surface area contributed by atoms with E-state index in [1.54, 1.807) is 7.11 Å². The zero-order valence-corrected chi connectivity index (χ0v) is 11.6. The Morgan fingerprint density at radius 3 is 2.61 bits per heavy atom. The molecule has 0 unspecified atom stereocenters. The maximum atomic E-state index is 5.78. The summed E-state index contributed by atoms with van der Waals surface area (Å²) in [6.07, 6.45) is 0. The largest absolute Gasteiger partial charge is 0.466 e. The number of hydrogen-bond acceptors (Lipinski definition) is 3. The standard InChI is InChI=1S/C14H14BrNO2/c1-17-9-18-14-8-11(5-6-13(14)15)10-3-2-4-12(16)7-10/h2-8H,9,16H2,1H3. The first-order chi connectivity index (χ1) is 8.70. The molecule has 0 amide bonds. The van der Waals surface area contributed by atoms with Crippen molar-refractivity contribution in [2.24, 2.45) is 0 Å². The minimum absolute atomic E-state index is 0.221. The highest BCUT2D eigenvalue weighted by atomic mass is 79.9. The molecule has 2 aromatic carbocycles. The minimum atomic E-state index is 0.221. The van der Waals surface area contributed by atoms with Crippen LogP contribution in [0.25, 0.3) is 11.1 Å². The van der Waals surface area contributed by atoms with Gasteiger partial charge < -0.3 is 15.2 Å². The van der Waals surface area contributed by atoms with Gasteiger partial charge in [0.05, 0.1) is 4.47 Å². The third-order valence-electron chi connectivity index (χ3n) is 2.48. The smallest absolute Gasteiger partial charge is 0.188 e. The first-order valence-electron chi connectivity index (χ1n) is 5.48. The van der Waals surface area contributed by atoms with Crippen LogP contribution in [-0.2, 0) is 4.74 Å². The van der Waals surface area contributed by atoms with Crippen molar-refractivity contribution < 1.29 is 9.47 Å². The van der Waals surface area contributed by atoms with Crippen LogP contribution < -0.4 is 10.5 Å². The van der Waals surface area contributed by atoms with Gasteiger partial charge in [0.1, 0.15) is 5.75 Å². The highest BCUT2D eigenvalue weighted by Crippen LogP contribution is 2.31. The average molecular weight is 308 g/mol. The summed E-state index contributed by atoms with van der Waals surface area (Å²) in [6.45, 7) is 0.221. The van der Waals surface area contributed by atoms with Gasteiger partial charge in [-0.2, -0.15) is 0 Å². The van der Waals surface area contributed by atoms with Crippen LogP contribution in [0.4, 0.5) is 5.69 Å². The van der Waals surface area contributed by atoms with Crippen molar-refractivity contribution in [2.45, 2.75) is 0 Å². The molecule has 4 heteroatoms. The van der Waals surface area contributed by atoms with Gasteiger partial charge in [-0.25, -0.2) is 0 Å². The number of methoxy groups -OCH3 is 1. The highest BCUT2D eigenvalue weighted by molar-refractivity contribution is 9.10.